The number of aromatic nitrogens is 6. The van der Waals surface area contributed by atoms with Gasteiger partial charge in [-0.05, 0) is 71.2 Å². The summed E-state index contributed by atoms with van der Waals surface area (Å²) in [5.74, 6) is 3.28. The van der Waals surface area contributed by atoms with Crippen molar-refractivity contribution in [1.82, 2.24) is 28.9 Å². The lowest BCUT2D eigenvalue weighted by Gasteiger charge is -2.38. The fraction of sp³-hybridized carbons (Fsp3) is 0.444. The summed E-state index contributed by atoms with van der Waals surface area (Å²) in [6, 6.07) is 13.1. The highest BCUT2D eigenvalue weighted by Crippen LogP contribution is 2.42. The number of hydrogen-bond acceptors (Lipinski definition) is 9. The quantitative estimate of drug-likeness (QED) is 0.221. The molecule has 250 valence electrons. The van der Waals surface area contributed by atoms with Crippen LogP contribution < -0.4 is 9.80 Å². The minimum atomic E-state index is -3.93. The van der Waals surface area contributed by atoms with Gasteiger partial charge in [0.05, 0.1) is 46.7 Å². The minimum Gasteiger partial charge on any atom is -0.377 e. The zero-order valence-corrected chi connectivity index (χ0v) is 29.1. The molecule has 5 heterocycles. The maximum Gasteiger partial charge on any atom is 0.283 e. The zero-order valence-electron chi connectivity index (χ0n) is 28.3. The van der Waals surface area contributed by atoms with Gasteiger partial charge in [0.1, 0.15) is 11.6 Å². The molecule has 0 amide bonds. The number of ether oxygens (including phenoxy) is 1. The van der Waals surface area contributed by atoms with Crippen LogP contribution in [0.25, 0.3) is 22.3 Å². The van der Waals surface area contributed by atoms with Crippen LogP contribution in [0.4, 0.5) is 11.6 Å². The smallest absolute Gasteiger partial charge is 0.283 e. The lowest BCUT2D eigenvalue weighted by Crippen LogP contribution is -2.45. The second kappa shape index (κ2) is 11.7. The van der Waals surface area contributed by atoms with Crippen LogP contribution in [0.2, 0.25) is 0 Å². The molecule has 2 fully saturated rings. The minimum absolute atomic E-state index is 0.143. The summed E-state index contributed by atoms with van der Waals surface area (Å²) >= 11 is 0. The van der Waals surface area contributed by atoms with E-state index in [0.717, 1.165) is 71.0 Å². The molecule has 1 saturated heterocycles. The number of anilines is 2. The Kier molecular flexibility index (Phi) is 7.55. The predicted molar refractivity (Wildman–Crippen MR) is 186 cm³/mol. The normalized spacial score (nSPS) is 18.5. The van der Waals surface area contributed by atoms with Gasteiger partial charge in [-0.15, -0.1) is 0 Å². The third-order valence-corrected chi connectivity index (χ3v) is 11.6. The van der Waals surface area contributed by atoms with Gasteiger partial charge in [0.2, 0.25) is 0 Å². The summed E-state index contributed by atoms with van der Waals surface area (Å²) in [6.07, 6.45) is 3.21. The Labute approximate surface area is 281 Å². The molecule has 0 bridgehead atoms. The van der Waals surface area contributed by atoms with Crippen LogP contribution >= 0.6 is 0 Å². The Bertz CT molecular complexity index is 2150. The molecule has 1 unspecified atom stereocenters. The fourth-order valence-electron chi connectivity index (χ4n) is 7.22. The van der Waals surface area contributed by atoms with Crippen LogP contribution in [-0.4, -0.2) is 69.7 Å². The standard InChI is InChI=1S/C36H42N8O3S/c1-6-43-32(19-30(40-43)26-10-11-26)41-16-15-29-28(20-41)36(42-17-18-47-21-24(42)4)38-35(37-29)33-23(3)9-14-31-34(33)25(5)39-44(31)48(45,46)27-12-7-22(2)8-13-27/h7-9,12-14,19,24,26H,6,10-11,15-18,20-21H2,1-5H3. The van der Waals surface area contributed by atoms with E-state index in [0.29, 0.717) is 42.7 Å². The molecule has 5 aromatic rings. The van der Waals surface area contributed by atoms with Crippen molar-refractivity contribution in [2.45, 2.75) is 83.8 Å². The van der Waals surface area contributed by atoms with Gasteiger partial charge in [-0.2, -0.15) is 22.7 Å². The first-order valence-corrected chi connectivity index (χ1v) is 18.5. The van der Waals surface area contributed by atoms with E-state index in [-0.39, 0.29) is 10.9 Å². The Hall–Kier alpha value is -4.29. The first-order chi connectivity index (χ1) is 23.1. The van der Waals surface area contributed by atoms with Gasteiger partial charge in [-0.1, -0.05) is 23.8 Å². The molecule has 0 N–H and O–H groups in total. The van der Waals surface area contributed by atoms with Crippen LogP contribution in [0, 0.1) is 20.8 Å². The number of hydrogen-bond donors (Lipinski definition) is 0. The van der Waals surface area contributed by atoms with Gasteiger partial charge < -0.3 is 14.5 Å². The van der Waals surface area contributed by atoms with Crippen molar-refractivity contribution in [3.05, 3.63) is 76.2 Å². The van der Waals surface area contributed by atoms with Gasteiger partial charge in [0.25, 0.3) is 10.0 Å². The number of benzene rings is 2. The van der Waals surface area contributed by atoms with E-state index in [4.69, 9.17) is 19.8 Å². The summed E-state index contributed by atoms with van der Waals surface area (Å²) in [7, 11) is -3.93. The molecule has 12 heteroatoms. The molecule has 3 aromatic heterocycles. The monoisotopic (exact) mass is 666 g/mol. The molecule has 0 spiro atoms. The lowest BCUT2D eigenvalue weighted by molar-refractivity contribution is 0.0984. The zero-order chi connectivity index (χ0) is 33.3. The maximum atomic E-state index is 13.9. The first-order valence-electron chi connectivity index (χ1n) is 17.0. The second-order valence-corrected chi connectivity index (χ2v) is 15.3. The average molecular weight is 667 g/mol. The van der Waals surface area contributed by atoms with Crippen molar-refractivity contribution >= 4 is 32.6 Å². The molecular formula is C36H42N8O3S. The summed E-state index contributed by atoms with van der Waals surface area (Å²) < 4.78 is 36.9. The Morgan fingerprint density at radius 3 is 2.50 bits per heavy atom. The summed E-state index contributed by atoms with van der Waals surface area (Å²) in [5, 5.41) is 10.3. The number of morpholine rings is 1. The molecule has 3 aliphatic rings. The number of fused-ring (bicyclic) bond motifs is 2. The predicted octanol–water partition coefficient (Wildman–Crippen LogP) is 5.54. The van der Waals surface area contributed by atoms with Crippen molar-refractivity contribution in [2.24, 2.45) is 0 Å². The van der Waals surface area contributed by atoms with E-state index in [1.54, 1.807) is 24.3 Å². The first kappa shape index (κ1) is 31.0. The van der Waals surface area contributed by atoms with Gasteiger partial charge in [-0.3, -0.25) is 0 Å². The van der Waals surface area contributed by atoms with E-state index in [9.17, 15) is 8.42 Å². The molecule has 2 aromatic carbocycles. The topological polar surface area (TPSA) is 111 Å². The van der Waals surface area contributed by atoms with Crippen molar-refractivity contribution < 1.29 is 13.2 Å². The van der Waals surface area contributed by atoms with E-state index >= 15 is 0 Å². The largest absolute Gasteiger partial charge is 0.377 e. The van der Waals surface area contributed by atoms with Gasteiger partial charge >= 0.3 is 0 Å². The van der Waals surface area contributed by atoms with E-state index in [1.165, 1.54) is 22.6 Å². The average Bonchev–Trinajstić information content (AvgIpc) is 3.75. The SMILES string of the molecule is CCn1nc(C2CC2)cc1N1CCc2nc(-c3c(C)ccc4c3c(C)nn4S(=O)(=O)c3ccc(C)cc3)nc(N3CCOCC3C)c2C1. The van der Waals surface area contributed by atoms with Gasteiger partial charge in [0.15, 0.2) is 5.82 Å². The molecule has 8 rings (SSSR count). The molecule has 1 atom stereocenters. The van der Waals surface area contributed by atoms with Crippen molar-refractivity contribution in [3.8, 4) is 11.4 Å². The molecule has 1 aliphatic carbocycles. The molecular weight excluding hydrogens is 625 g/mol. The second-order valence-electron chi connectivity index (χ2n) is 13.5. The third kappa shape index (κ3) is 5.16. The lowest BCUT2D eigenvalue weighted by atomic mass is 9.99. The van der Waals surface area contributed by atoms with Gasteiger partial charge in [-0.25, -0.2) is 14.6 Å². The van der Waals surface area contributed by atoms with Crippen molar-refractivity contribution in [2.75, 3.05) is 36.1 Å². The summed E-state index contributed by atoms with van der Waals surface area (Å²) in [4.78, 5) is 15.6. The Morgan fingerprint density at radius 1 is 0.979 bits per heavy atom. The molecule has 11 nitrogen and oxygen atoms in total. The highest BCUT2D eigenvalue weighted by atomic mass is 32.2. The summed E-state index contributed by atoms with van der Waals surface area (Å²) in [6.45, 7) is 14.5. The van der Waals surface area contributed by atoms with Crippen molar-refractivity contribution in [1.29, 1.82) is 0 Å². The van der Waals surface area contributed by atoms with Gasteiger partial charge in [0, 0.05) is 61.1 Å². The van der Waals surface area contributed by atoms with Crippen LogP contribution in [0.5, 0.6) is 0 Å². The van der Waals surface area contributed by atoms with Crippen molar-refractivity contribution in [3.63, 3.8) is 0 Å². The highest BCUT2D eigenvalue weighted by Gasteiger charge is 2.33. The molecule has 2 aliphatic heterocycles. The van der Waals surface area contributed by atoms with E-state index < -0.39 is 10.0 Å². The number of nitrogens with zero attached hydrogens (tertiary/aromatic N) is 8. The molecule has 48 heavy (non-hydrogen) atoms. The number of aryl methyl sites for hydroxylation is 4. The summed E-state index contributed by atoms with van der Waals surface area (Å²) in [5.41, 5.74) is 7.28. The Balaban J connectivity index is 1.26. The molecule has 1 saturated carbocycles. The van der Waals surface area contributed by atoms with E-state index in [2.05, 4.69) is 39.5 Å². The Morgan fingerprint density at radius 2 is 1.77 bits per heavy atom. The maximum absolute atomic E-state index is 13.9. The van der Waals surface area contributed by atoms with Crippen LogP contribution in [-0.2, 0) is 34.3 Å². The highest BCUT2D eigenvalue weighted by molar-refractivity contribution is 7.90. The third-order valence-electron chi connectivity index (χ3n) is 10.0. The van der Waals surface area contributed by atoms with E-state index in [1.807, 2.05) is 32.9 Å². The van der Waals surface area contributed by atoms with Crippen LogP contribution in [0.1, 0.15) is 66.4 Å². The van der Waals surface area contributed by atoms with Crippen LogP contribution in [0.3, 0.4) is 0 Å². The molecule has 0 radical (unpaired) electrons. The van der Waals surface area contributed by atoms with Crippen LogP contribution in [0.15, 0.2) is 47.4 Å². The fourth-order valence-corrected chi connectivity index (χ4v) is 8.54. The number of rotatable bonds is 7.